The lowest BCUT2D eigenvalue weighted by Gasteiger charge is -2.30. The van der Waals surface area contributed by atoms with Crippen LogP contribution in [0.5, 0.6) is 5.75 Å². The number of nitrogens with zero attached hydrogens (tertiary/aromatic N) is 1. The van der Waals surface area contributed by atoms with E-state index in [4.69, 9.17) is 4.74 Å². The second-order valence-electron chi connectivity index (χ2n) is 5.53. The van der Waals surface area contributed by atoms with Crippen molar-refractivity contribution in [2.24, 2.45) is 0 Å². The summed E-state index contributed by atoms with van der Waals surface area (Å²) in [5, 5.41) is 2.96. The van der Waals surface area contributed by atoms with Gasteiger partial charge >= 0.3 is 0 Å². The van der Waals surface area contributed by atoms with Crippen LogP contribution in [0.4, 0.5) is 0 Å². The van der Waals surface area contributed by atoms with E-state index in [2.05, 4.69) is 53.8 Å². The molecule has 0 aromatic heterocycles. The Bertz CT molecular complexity index is 467. The highest BCUT2D eigenvalue weighted by Crippen LogP contribution is 2.25. The average Bonchev–Trinajstić information content (AvgIpc) is 2.42. The summed E-state index contributed by atoms with van der Waals surface area (Å²) in [4.78, 5) is 14.5. The molecule has 0 unspecified atom stereocenters. The first-order chi connectivity index (χ1) is 9.86. The van der Waals surface area contributed by atoms with E-state index in [1.54, 1.807) is 25.3 Å². The van der Waals surface area contributed by atoms with Crippen molar-refractivity contribution in [2.75, 3.05) is 20.2 Å². The molecule has 0 spiro atoms. The maximum Gasteiger partial charge on any atom is 0.251 e. The van der Waals surface area contributed by atoms with E-state index < -0.39 is 0 Å². The van der Waals surface area contributed by atoms with Gasteiger partial charge in [0, 0.05) is 30.7 Å². The lowest BCUT2D eigenvalue weighted by Crippen LogP contribution is -2.42. The van der Waals surface area contributed by atoms with Gasteiger partial charge < -0.3 is 10.1 Å². The smallest absolute Gasteiger partial charge is 0.251 e. The molecule has 1 aromatic carbocycles. The van der Waals surface area contributed by atoms with Crippen LogP contribution in [0.15, 0.2) is 22.7 Å². The highest BCUT2D eigenvalue weighted by molar-refractivity contribution is 9.10. The van der Waals surface area contributed by atoms with Crippen LogP contribution < -0.4 is 10.1 Å². The van der Waals surface area contributed by atoms with Gasteiger partial charge in [-0.2, -0.15) is 0 Å². The van der Waals surface area contributed by atoms with Crippen LogP contribution in [0.25, 0.3) is 0 Å². The molecule has 1 aromatic rings. The number of benzene rings is 1. The van der Waals surface area contributed by atoms with Gasteiger partial charge in [0.1, 0.15) is 5.75 Å². The first-order valence-electron chi connectivity index (χ1n) is 7.24. The van der Waals surface area contributed by atoms with Crippen LogP contribution in [0.1, 0.15) is 38.1 Å². The predicted molar refractivity (Wildman–Crippen MR) is 90.0 cm³/mol. The molecule has 118 valence electrons. The quantitative estimate of drug-likeness (QED) is 0.814. The summed E-state index contributed by atoms with van der Waals surface area (Å²) in [6, 6.07) is 6.26. The lowest BCUT2D eigenvalue weighted by atomic mass is 10.2. The highest BCUT2D eigenvalue weighted by Gasteiger charge is 2.14. The molecule has 0 bridgehead atoms. The molecular formula is C16H25BrN2O2. The SMILES string of the molecule is COc1ccc(C(=O)NCCN(C(C)C)C(C)C)cc1Br. The largest absolute Gasteiger partial charge is 0.496 e. The molecule has 0 heterocycles. The zero-order valence-corrected chi connectivity index (χ0v) is 15.0. The van der Waals surface area contributed by atoms with Crippen molar-refractivity contribution >= 4 is 21.8 Å². The van der Waals surface area contributed by atoms with Gasteiger partial charge in [-0.25, -0.2) is 0 Å². The average molecular weight is 357 g/mol. The number of hydrogen-bond donors (Lipinski definition) is 1. The zero-order valence-electron chi connectivity index (χ0n) is 13.4. The summed E-state index contributed by atoms with van der Waals surface area (Å²) >= 11 is 3.39. The molecule has 0 saturated carbocycles. The predicted octanol–water partition coefficient (Wildman–Crippen LogP) is 3.31. The fourth-order valence-corrected chi connectivity index (χ4v) is 2.86. The lowest BCUT2D eigenvalue weighted by molar-refractivity contribution is 0.0939. The van der Waals surface area contributed by atoms with Gasteiger partial charge in [0.05, 0.1) is 11.6 Å². The Hall–Kier alpha value is -1.07. The number of amides is 1. The molecule has 0 saturated heterocycles. The van der Waals surface area contributed by atoms with Crippen LogP contribution in [0, 0.1) is 0 Å². The Morgan fingerprint density at radius 2 is 1.90 bits per heavy atom. The molecular weight excluding hydrogens is 332 g/mol. The Kier molecular flexibility index (Phi) is 7.18. The molecule has 1 N–H and O–H groups in total. The molecule has 5 heteroatoms. The van der Waals surface area contributed by atoms with Crippen molar-refractivity contribution in [1.82, 2.24) is 10.2 Å². The number of halogens is 1. The second kappa shape index (κ2) is 8.39. The molecule has 1 rings (SSSR count). The van der Waals surface area contributed by atoms with Crippen molar-refractivity contribution in [3.8, 4) is 5.75 Å². The van der Waals surface area contributed by atoms with Crippen LogP contribution in [-0.4, -0.2) is 43.1 Å². The topological polar surface area (TPSA) is 41.6 Å². The van der Waals surface area contributed by atoms with Crippen molar-refractivity contribution in [3.63, 3.8) is 0 Å². The van der Waals surface area contributed by atoms with E-state index in [-0.39, 0.29) is 5.91 Å². The number of rotatable bonds is 7. The maximum absolute atomic E-state index is 12.1. The molecule has 0 aliphatic carbocycles. The fourth-order valence-electron chi connectivity index (χ4n) is 2.32. The number of ether oxygens (including phenoxy) is 1. The van der Waals surface area contributed by atoms with Crippen LogP contribution in [-0.2, 0) is 0 Å². The van der Waals surface area contributed by atoms with Gasteiger partial charge in [0.25, 0.3) is 5.91 Å². The summed E-state index contributed by atoms with van der Waals surface area (Å²) in [6.45, 7) is 10.2. The maximum atomic E-state index is 12.1. The van der Waals surface area contributed by atoms with Gasteiger partial charge in [-0.05, 0) is 61.8 Å². The number of hydrogen-bond acceptors (Lipinski definition) is 3. The second-order valence-corrected chi connectivity index (χ2v) is 6.38. The third-order valence-electron chi connectivity index (χ3n) is 3.40. The molecule has 0 fully saturated rings. The molecule has 0 aliphatic heterocycles. The normalized spacial score (nSPS) is 11.3. The van der Waals surface area contributed by atoms with Crippen molar-refractivity contribution in [3.05, 3.63) is 28.2 Å². The summed E-state index contributed by atoms with van der Waals surface area (Å²) in [6.07, 6.45) is 0. The zero-order chi connectivity index (χ0) is 16.0. The Morgan fingerprint density at radius 3 is 2.38 bits per heavy atom. The number of methoxy groups -OCH3 is 1. The van der Waals surface area contributed by atoms with Crippen molar-refractivity contribution in [2.45, 2.75) is 39.8 Å². The first kappa shape index (κ1) is 18.0. The Labute approximate surface area is 136 Å². The van der Waals surface area contributed by atoms with E-state index >= 15 is 0 Å². The van der Waals surface area contributed by atoms with E-state index in [1.165, 1.54) is 0 Å². The van der Waals surface area contributed by atoms with Gasteiger partial charge in [-0.1, -0.05) is 0 Å². The monoisotopic (exact) mass is 356 g/mol. The van der Waals surface area contributed by atoms with Gasteiger partial charge in [0.2, 0.25) is 0 Å². The van der Waals surface area contributed by atoms with E-state index in [0.29, 0.717) is 24.2 Å². The molecule has 4 nitrogen and oxygen atoms in total. The molecule has 0 aliphatic rings. The Balaban J connectivity index is 2.56. The van der Waals surface area contributed by atoms with E-state index in [9.17, 15) is 4.79 Å². The fraction of sp³-hybridized carbons (Fsp3) is 0.562. The first-order valence-corrected chi connectivity index (χ1v) is 8.03. The van der Waals surface area contributed by atoms with Crippen molar-refractivity contribution < 1.29 is 9.53 Å². The molecule has 0 radical (unpaired) electrons. The van der Waals surface area contributed by atoms with Crippen molar-refractivity contribution in [1.29, 1.82) is 0 Å². The van der Waals surface area contributed by atoms with Crippen LogP contribution in [0.2, 0.25) is 0 Å². The minimum absolute atomic E-state index is 0.0641. The molecule has 1 amide bonds. The van der Waals surface area contributed by atoms with Gasteiger partial charge in [0.15, 0.2) is 0 Å². The van der Waals surface area contributed by atoms with E-state index in [0.717, 1.165) is 16.8 Å². The number of carbonyl (C=O) groups excluding carboxylic acids is 1. The van der Waals surface area contributed by atoms with Crippen LogP contribution >= 0.6 is 15.9 Å². The number of nitrogens with one attached hydrogen (secondary N) is 1. The minimum Gasteiger partial charge on any atom is -0.496 e. The summed E-state index contributed by atoms with van der Waals surface area (Å²) in [5.41, 5.74) is 0.628. The highest BCUT2D eigenvalue weighted by atomic mass is 79.9. The van der Waals surface area contributed by atoms with E-state index in [1.807, 2.05) is 0 Å². The molecule has 21 heavy (non-hydrogen) atoms. The van der Waals surface area contributed by atoms with Gasteiger partial charge in [-0.15, -0.1) is 0 Å². The third-order valence-corrected chi connectivity index (χ3v) is 4.02. The molecule has 0 atom stereocenters. The Morgan fingerprint density at radius 1 is 1.29 bits per heavy atom. The standard InChI is InChI=1S/C16H25BrN2O2/c1-11(2)19(12(3)4)9-8-18-16(20)13-6-7-15(21-5)14(17)10-13/h6-7,10-12H,8-9H2,1-5H3,(H,18,20). The summed E-state index contributed by atoms with van der Waals surface area (Å²) in [5.74, 6) is 0.656. The summed E-state index contributed by atoms with van der Waals surface area (Å²) in [7, 11) is 1.60. The minimum atomic E-state index is -0.0641. The third kappa shape index (κ3) is 5.32. The summed E-state index contributed by atoms with van der Waals surface area (Å²) < 4.78 is 5.94. The van der Waals surface area contributed by atoms with Gasteiger partial charge in [-0.3, -0.25) is 9.69 Å². The van der Waals surface area contributed by atoms with Crippen LogP contribution in [0.3, 0.4) is 0 Å². The number of carbonyl (C=O) groups is 1.